The topological polar surface area (TPSA) is 82.9 Å². The van der Waals surface area contributed by atoms with Gasteiger partial charge in [0.15, 0.2) is 0 Å². The van der Waals surface area contributed by atoms with E-state index in [0.29, 0.717) is 52.9 Å². The maximum atomic E-state index is 12.4. The Morgan fingerprint density at radius 1 is 1.19 bits per heavy atom. The van der Waals surface area contributed by atoms with Gasteiger partial charge in [-0.15, -0.1) is 11.8 Å². The van der Waals surface area contributed by atoms with E-state index < -0.39 is 17.5 Å². The number of carbonyl (C=O) groups is 1. The van der Waals surface area contributed by atoms with Gasteiger partial charge in [0, 0.05) is 22.0 Å². The highest BCUT2D eigenvalue weighted by atomic mass is 35.5. The fourth-order valence-electron chi connectivity index (χ4n) is 5.00. The number of rotatable bonds is 11. The number of carboxylic acids is 1. The Kier molecular flexibility index (Phi) is 9.59. The van der Waals surface area contributed by atoms with Crippen molar-refractivity contribution < 1.29 is 19.7 Å². The van der Waals surface area contributed by atoms with Crippen molar-refractivity contribution in [1.82, 2.24) is 9.88 Å². The summed E-state index contributed by atoms with van der Waals surface area (Å²) in [4.78, 5) is 20.1. The van der Waals surface area contributed by atoms with E-state index in [4.69, 9.17) is 27.9 Å². The van der Waals surface area contributed by atoms with E-state index in [0.717, 1.165) is 41.7 Å². The van der Waals surface area contributed by atoms with E-state index in [-0.39, 0.29) is 0 Å². The van der Waals surface area contributed by atoms with Crippen molar-refractivity contribution in [2.75, 3.05) is 32.5 Å². The molecule has 2 N–H and O–H groups in total. The molecule has 0 aliphatic carbocycles. The highest BCUT2D eigenvalue weighted by Crippen LogP contribution is 2.41. The fourth-order valence-corrected chi connectivity index (χ4v) is 6.45. The number of aliphatic carboxylic acids is 1. The van der Waals surface area contributed by atoms with Crippen molar-refractivity contribution in [2.24, 2.45) is 5.41 Å². The molecule has 1 aliphatic heterocycles. The van der Waals surface area contributed by atoms with Gasteiger partial charge < -0.3 is 19.8 Å². The Labute approximate surface area is 231 Å². The quantitative estimate of drug-likeness (QED) is 0.198. The second kappa shape index (κ2) is 12.7. The number of piperidine rings is 1. The summed E-state index contributed by atoms with van der Waals surface area (Å²) in [6, 6.07) is 13.3. The number of hydrogen-bond donors (Lipinski definition) is 2. The molecular formula is C28H32Cl2N2O4S. The first-order valence-electron chi connectivity index (χ1n) is 12.5. The minimum absolute atomic E-state index is 0.302. The maximum Gasteiger partial charge on any atom is 0.309 e. The van der Waals surface area contributed by atoms with E-state index in [9.17, 15) is 15.0 Å². The number of likely N-dealkylation sites (tertiary alicyclic amines) is 1. The number of nitrogens with zero attached hydrogens (tertiary/aromatic N) is 2. The molecule has 9 heteroatoms. The van der Waals surface area contributed by atoms with Gasteiger partial charge in [0.1, 0.15) is 5.75 Å². The number of aliphatic hydroxyl groups excluding tert-OH is 1. The summed E-state index contributed by atoms with van der Waals surface area (Å²) in [5.41, 5.74) is 0.421. The number of thioether (sulfide) groups is 1. The Bertz CT molecular complexity index is 1230. The van der Waals surface area contributed by atoms with Crippen molar-refractivity contribution in [2.45, 2.75) is 43.1 Å². The van der Waals surface area contributed by atoms with E-state index in [1.54, 1.807) is 18.9 Å². The van der Waals surface area contributed by atoms with Crippen LogP contribution in [-0.2, 0) is 4.79 Å². The van der Waals surface area contributed by atoms with Crippen molar-refractivity contribution in [3.63, 3.8) is 0 Å². The van der Waals surface area contributed by atoms with Gasteiger partial charge in [-0.25, -0.2) is 0 Å². The van der Waals surface area contributed by atoms with Crippen LogP contribution >= 0.6 is 35.0 Å². The molecule has 4 rings (SSSR count). The zero-order valence-electron chi connectivity index (χ0n) is 20.8. The number of ether oxygens (including phenoxy) is 1. The van der Waals surface area contributed by atoms with Crippen LogP contribution in [0.25, 0.3) is 10.9 Å². The molecule has 0 radical (unpaired) electrons. The molecule has 1 aliphatic rings. The summed E-state index contributed by atoms with van der Waals surface area (Å²) < 4.78 is 5.33. The molecule has 37 heavy (non-hydrogen) atoms. The van der Waals surface area contributed by atoms with Gasteiger partial charge >= 0.3 is 5.97 Å². The number of aliphatic hydroxyl groups is 1. The van der Waals surface area contributed by atoms with Gasteiger partial charge in [0.05, 0.1) is 34.2 Å². The molecule has 1 unspecified atom stereocenters. The summed E-state index contributed by atoms with van der Waals surface area (Å²) in [5.74, 6) is 0.813. The Hall–Kier alpha value is -2.03. The van der Waals surface area contributed by atoms with Crippen molar-refractivity contribution in [3.8, 4) is 5.75 Å². The molecule has 0 amide bonds. The van der Waals surface area contributed by atoms with Crippen molar-refractivity contribution >= 4 is 51.8 Å². The molecule has 1 atom stereocenters. The zero-order chi connectivity index (χ0) is 26.4. The summed E-state index contributed by atoms with van der Waals surface area (Å²) in [6.45, 7) is 2.39. The van der Waals surface area contributed by atoms with Crippen LogP contribution in [0.15, 0.2) is 53.6 Å². The van der Waals surface area contributed by atoms with Gasteiger partial charge in [0.2, 0.25) is 0 Å². The molecule has 1 fully saturated rings. The summed E-state index contributed by atoms with van der Waals surface area (Å²) in [6.07, 6.45) is 3.44. The Balaban J connectivity index is 1.33. The first-order valence-corrected chi connectivity index (χ1v) is 14.2. The third-order valence-corrected chi connectivity index (χ3v) is 9.18. The van der Waals surface area contributed by atoms with Crippen molar-refractivity contribution in [3.05, 3.63) is 64.3 Å². The largest absolute Gasteiger partial charge is 0.497 e. The maximum absolute atomic E-state index is 12.4. The summed E-state index contributed by atoms with van der Waals surface area (Å²) >= 11 is 14.4. The molecule has 0 saturated carbocycles. The van der Waals surface area contributed by atoms with Crippen LogP contribution in [0.3, 0.4) is 0 Å². The first kappa shape index (κ1) is 28.0. The fraction of sp³-hybridized carbons (Fsp3) is 0.429. The lowest BCUT2D eigenvalue weighted by Gasteiger charge is -2.39. The van der Waals surface area contributed by atoms with E-state index in [1.165, 1.54) is 6.20 Å². The molecule has 6 nitrogen and oxygen atoms in total. The van der Waals surface area contributed by atoms with Gasteiger partial charge in [0.25, 0.3) is 0 Å². The number of carboxylic acid groups (broad SMARTS) is 1. The highest BCUT2D eigenvalue weighted by Gasteiger charge is 2.41. The monoisotopic (exact) mass is 562 g/mol. The zero-order valence-corrected chi connectivity index (χ0v) is 23.2. The third-order valence-electron chi connectivity index (χ3n) is 7.28. The molecule has 2 heterocycles. The van der Waals surface area contributed by atoms with E-state index in [1.807, 2.05) is 42.5 Å². The number of halogens is 2. The van der Waals surface area contributed by atoms with Crippen LogP contribution in [-0.4, -0.2) is 58.6 Å². The van der Waals surface area contributed by atoms with Crippen LogP contribution in [0, 0.1) is 5.41 Å². The third kappa shape index (κ3) is 6.70. The van der Waals surface area contributed by atoms with Gasteiger partial charge in [-0.3, -0.25) is 9.78 Å². The Morgan fingerprint density at radius 2 is 1.95 bits per heavy atom. The first-order chi connectivity index (χ1) is 17.8. The minimum Gasteiger partial charge on any atom is -0.497 e. The summed E-state index contributed by atoms with van der Waals surface area (Å²) in [5, 5.41) is 23.1. The average Bonchev–Trinajstić information content (AvgIpc) is 2.90. The number of aromatic nitrogens is 1. The predicted octanol–water partition coefficient (Wildman–Crippen LogP) is 6.71. The molecule has 0 spiro atoms. The van der Waals surface area contributed by atoms with Crippen LogP contribution in [0.5, 0.6) is 5.75 Å². The number of hydrogen-bond acceptors (Lipinski definition) is 6. The summed E-state index contributed by atoms with van der Waals surface area (Å²) in [7, 11) is 1.58. The lowest BCUT2D eigenvalue weighted by molar-refractivity contribution is -0.153. The molecule has 3 aromatic rings. The lowest BCUT2D eigenvalue weighted by Crippen LogP contribution is -2.44. The molecule has 198 valence electrons. The highest BCUT2D eigenvalue weighted by molar-refractivity contribution is 7.99. The number of methoxy groups -OCH3 is 1. The Morgan fingerprint density at radius 3 is 2.65 bits per heavy atom. The number of pyridine rings is 1. The normalized spacial score (nSPS) is 16.5. The van der Waals surface area contributed by atoms with Crippen LogP contribution in [0.2, 0.25) is 10.0 Å². The SMILES string of the molecule is COc1ccc2ncc(Cl)c(C(O)CCC3(C(=O)O)CCN(CCCSc4ccccc4Cl)CC3)c2c1. The number of benzene rings is 2. The second-order valence-electron chi connectivity index (χ2n) is 9.52. The van der Waals surface area contributed by atoms with Crippen LogP contribution in [0.1, 0.15) is 43.8 Å². The molecular weight excluding hydrogens is 531 g/mol. The van der Waals surface area contributed by atoms with Gasteiger partial charge in [-0.2, -0.15) is 0 Å². The van der Waals surface area contributed by atoms with Gasteiger partial charge in [-0.1, -0.05) is 35.3 Å². The number of fused-ring (bicyclic) bond motifs is 1. The van der Waals surface area contributed by atoms with Gasteiger partial charge in [-0.05, 0) is 87.8 Å². The molecule has 2 aromatic carbocycles. The van der Waals surface area contributed by atoms with E-state index in [2.05, 4.69) is 9.88 Å². The standard InChI is InChI=1S/C28H32Cl2N2O4S/c1-36-19-7-8-23-20(17-19)26(22(30)18-31-23)24(33)9-10-28(27(34)35)11-14-32(15-12-28)13-4-16-37-25-6-3-2-5-21(25)29/h2-3,5-8,17-18,24,33H,4,9-16H2,1H3,(H,34,35). The minimum atomic E-state index is -0.902. The second-order valence-corrected chi connectivity index (χ2v) is 11.5. The van der Waals surface area contributed by atoms with E-state index >= 15 is 0 Å². The lowest BCUT2D eigenvalue weighted by atomic mass is 9.74. The smallest absolute Gasteiger partial charge is 0.309 e. The molecule has 1 aromatic heterocycles. The predicted molar refractivity (Wildman–Crippen MR) is 150 cm³/mol. The van der Waals surface area contributed by atoms with Crippen LogP contribution < -0.4 is 4.74 Å². The van der Waals surface area contributed by atoms with Crippen LogP contribution in [0.4, 0.5) is 0 Å². The van der Waals surface area contributed by atoms with Crippen molar-refractivity contribution in [1.29, 1.82) is 0 Å². The molecule has 0 bridgehead atoms. The average molecular weight is 564 g/mol. The molecule has 1 saturated heterocycles.